The second kappa shape index (κ2) is 12.1. The van der Waals surface area contributed by atoms with Crippen molar-refractivity contribution in [2.24, 2.45) is 0 Å². The van der Waals surface area contributed by atoms with E-state index in [1.165, 1.54) is 24.3 Å². The lowest BCUT2D eigenvalue weighted by Crippen LogP contribution is -2.49. The predicted octanol–water partition coefficient (Wildman–Crippen LogP) is -0.538. The summed E-state index contributed by atoms with van der Waals surface area (Å²) in [6, 6.07) is 0.703. The molecule has 1 aromatic carbocycles. The van der Waals surface area contributed by atoms with E-state index in [1.54, 1.807) is 6.07 Å². The molecule has 14 heteroatoms. The number of aliphatic hydroxyl groups excluding tert-OH is 1. The first kappa shape index (κ1) is 26.8. The van der Waals surface area contributed by atoms with Gasteiger partial charge < -0.3 is 26.0 Å². The third-order valence-electron chi connectivity index (χ3n) is 5.03. The van der Waals surface area contributed by atoms with E-state index in [0.717, 1.165) is 0 Å². The largest absolute Gasteiger partial charge is 0.480 e. The van der Waals surface area contributed by atoms with Crippen molar-refractivity contribution >= 4 is 48.1 Å². The summed E-state index contributed by atoms with van der Waals surface area (Å²) >= 11 is 3.95. The van der Waals surface area contributed by atoms with Gasteiger partial charge in [-0.1, -0.05) is 24.3 Å². The molecule has 0 spiro atoms. The molecule has 0 bridgehead atoms. The standard InChI is InChI=1S/C20H24N4O9S/c25-14-6-4-10-2-1-3-13(24(32)33)17(10)18(14)23-11(20(30)31)5-7-15(26)22-12(9-34)19(29)21-8-16(27)28/h1-4,6,11-12,14,18,23,25,34H,5,7-9H2,(H,21,29)(H,22,26)(H,27,28)(H,30,31)/t11-,12-,14?,18?/m0/s1. The van der Waals surface area contributed by atoms with Crippen LogP contribution in [0.5, 0.6) is 0 Å². The van der Waals surface area contributed by atoms with Gasteiger partial charge in [0.15, 0.2) is 0 Å². The van der Waals surface area contributed by atoms with Crippen molar-refractivity contribution < 1.29 is 39.4 Å². The number of benzene rings is 1. The highest BCUT2D eigenvalue weighted by molar-refractivity contribution is 7.80. The second-order valence-corrected chi connectivity index (χ2v) is 7.74. The maximum atomic E-state index is 12.3. The normalized spacial score (nSPS) is 18.3. The number of nitrogens with one attached hydrogen (secondary N) is 3. The van der Waals surface area contributed by atoms with E-state index in [-0.39, 0.29) is 29.8 Å². The van der Waals surface area contributed by atoms with Gasteiger partial charge in [-0.15, -0.1) is 0 Å². The van der Waals surface area contributed by atoms with Crippen LogP contribution >= 0.6 is 12.6 Å². The fourth-order valence-electron chi connectivity index (χ4n) is 3.40. The van der Waals surface area contributed by atoms with E-state index < -0.39 is 59.5 Å². The number of thiol groups is 1. The van der Waals surface area contributed by atoms with Crippen LogP contribution in [0.4, 0.5) is 5.69 Å². The molecule has 4 atom stereocenters. The van der Waals surface area contributed by atoms with Crippen molar-refractivity contribution in [2.75, 3.05) is 12.3 Å². The molecule has 2 amide bonds. The Bertz CT molecular complexity index is 1000. The van der Waals surface area contributed by atoms with Crippen LogP contribution < -0.4 is 16.0 Å². The average molecular weight is 496 g/mol. The van der Waals surface area contributed by atoms with Crippen LogP contribution in [-0.4, -0.2) is 74.5 Å². The molecule has 0 saturated carbocycles. The van der Waals surface area contributed by atoms with Crippen LogP contribution in [0.15, 0.2) is 24.3 Å². The number of nitrogens with zero attached hydrogens (tertiary/aromatic N) is 1. The van der Waals surface area contributed by atoms with Crippen LogP contribution in [0, 0.1) is 10.1 Å². The summed E-state index contributed by atoms with van der Waals surface area (Å²) in [6.45, 7) is -0.643. The maximum Gasteiger partial charge on any atom is 0.322 e. The number of carbonyl (C=O) groups is 4. The monoisotopic (exact) mass is 496 g/mol. The Morgan fingerprint density at radius 3 is 2.47 bits per heavy atom. The van der Waals surface area contributed by atoms with Gasteiger partial charge in [0.1, 0.15) is 18.6 Å². The molecular weight excluding hydrogens is 472 g/mol. The molecule has 1 aromatic rings. The van der Waals surface area contributed by atoms with Crippen molar-refractivity contribution in [2.45, 2.75) is 37.1 Å². The Morgan fingerprint density at radius 2 is 1.88 bits per heavy atom. The zero-order valence-corrected chi connectivity index (χ0v) is 18.6. The van der Waals surface area contributed by atoms with Crippen LogP contribution in [0.25, 0.3) is 6.08 Å². The van der Waals surface area contributed by atoms with E-state index in [0.29, 0.717) is 5.56 Å². The average Bonchev–Trinajstić information content (AvgIpc) is 2.78. The molecule has 0 radical (unpaired) electrons. The minimum absolute atomic E-state index is 0.126. The van der Waals surface area contributed by atoms with Crippen molar-refractivity contribution in [1.82, 2.24) is 16.0 Å². The Morgan fingerprint density at radius 1 is 1.18 bits per heavy atom. The van der Waals surface area contributed by atoms with Gasteiger partial charge in [-0.3, -0.25) is 34.6 Å². The van der Waals surface area contributed by atoms with Crippen LogP contribution in [-0.2, 0) is 19.2 Å². The summed E-state index contributed by atoms with van der Waals surface area (Å²) in [4.78, 5) is 57.4. The summed E-state index contributed by atoms with van der Waals surface area (Å²) in [6.07, 6.45) is 1.02. The quantitative estimate of drug-likeness (QED) is 0.112. The topological polar surface area (TPSA) is 208 Å². The van der Waals surface area contributed by atoms with E-state index in [9.17, 15) is 39.5 Å². The number of hydrogen-bond acceptors (Lipinski definition) is 9. The smallest absolute Gasteiger partial charge is 0.322 e. The van der Waals surface area contributed by atoms with Gasteiger partial charge in [0.25, 0.3) is 5.69 Å². The summed E-state index contributed by atoms with van der Waals surface area (Å²) in [5.41, 5.74) is 0.288. The molecule has 184 valence electrons. The Balaban J connectivity index is 2.08. The first-order valence-electron chi connectivity index (χ1n) is 10.1. The first-order chi connectivity index (χ1) is 16.0. The molecule has 2 unspecified atom stereocenters. The van der Waals surface area contributed by atoms with Gasteiger partial charge in [-0.2, -0.15) is 12.6 Å². The number of amides is 2. The summed E-state index contributed by atoms with van der Waals surface area (Å²) < 4.78 is 0. The lowest BCUT2D eigenvalue weighted by molar-refractivity contribution is -0.386. The third kappa shape index (κ3) is 7.00. The van der Waals surface area contributed by atoms with Gasteiger partial charge in [0, 0.05) is 18.2 Å². The molecule has 0 heterocycles. The highest BCUT2D eigenvalue weighted by Gasteiger charge is 2.35. The Labute approximate surface area is 198 Å². The fourth-order valence-corrected chi connectivity index (χ4v) is 3.65. The van der Waals surface area contributed by atoms with Gasteiger partial charge in [-0.05, 0) is 12.0 Å². The number of carboxylic acid groups (broad SMARTS) is 2. The molecule has 2 rings (SSSR count). The summed E-state index contributed by atoms with van der Waals surface area (Å²) in [7, 11) is 0. The summed E-state index contributed by atoms with van der Waals surface area (Å²) in [5.74, 6) is -4.19. The molecule has 0 saturated heterocycles. The number of hydrogen-bond donors (Lipinski definition) is 7. The number of rotatable bonds is 12. The maximum absolute atomic E-state index is 12.3. The number of nitro benzene ring substituents is 1. The van der Waals surface area contributed by atoms with E-state index in [2.05, 4.69) is 28.6 Å². The second-order valence-electron chi connectivity index (χ2n) is 7.37. The minimum atomic E-state index is -1.36. The summed E-state index contributed by atoms with van der Waals surface area (Å²) in [5, 5.41) is 47.2. The first-order valence-corrected chi connectivity index (χ1v) is 10.7. The number of carbonyl (C=O) groups excluding carboxylic acids is 2. The minimum Gasteiger partial charge on any atom is -0.480 e. The van der Waals surface area contributed by atoms with Gasteiger partial charge >= 0.3 is 11.9 Å². The van der Waals surface area contributed by atoms with E-state index >= 15 is 0 Å². The highest BCUT2D eigenvalue weighted by Crippen LogP contribution is 2.35. The lowest BCUT2D eigenvalue weighted by Gasteiger charge is -2.29. The molecular formula is C20H24N4O9S. The Kier molecular flexibility index (Phi) is 9.53. The number of carboxylic acids is 2. The molecule has 6 N–H and O–H groups in total. The van der Waals surface area contributed by atoms with Gasteiger partial charge in [0.05, 0.1) is 22.6 Å². The Hall–Kier alpha value is -3.49. The molecule has 1 aliphatic carbocycles. The number of nitro groups is 1. The molecule has 0 aromatic heterocycles. The highest BCUT2D eigenvalue weighted by atomic mass is 32.1. The number of aliphatic hydroxyl groups is 1. The fraction of sp³-hybridized carbons (Fsp3) is 0.400. The SMILES string of the molecule is O=C(O)CNC(=O)[C@H](CS)NC(=O)CC[C@H](NC1c2c(cccc2[N+](=O)[O-])C=CC1O)C(=O)O. The molecule has 0 fully saturated rings. The van der Waals surface area contributed by atoms with Crippen LogP contribution in [0.3, 0.4) is 0 Å². The number of fused-ring (bicyclic) bond motifs is 1. The van der Waals surface area contributed by atoms with Crippen molar-refractivity contribution in [3.63, 3.8) is 0 Å². The van der Waals surface area contributed by atoms with Crippen molar-refractivity contribution in [1.29, 1.82) is 0 Å². The van der Waals surface area contributed by atoms with E-state index in [4.69, 9.17) is 5.11 Å². The molecule has 0 aliphatic heterocycles. The van der Waals surface area contributed by atoms with Gasteiger partial charge in [0.2, 0.25) is 11.8 Å². The lowest BCUT2D eigenvalue weighted by atomic mass is 9.88. The van der Waals surface area contributed by atoms with Crippen LogP contribution in [0.2, 0.25) is 0 Å². The molecule has 34 heavy (non-hydrogen) atoms. The zero-order valence-electron chi connectivity index (χ0n) is 17.7. The van der Waals surface area contributed by atoms with Crippen LogP contribution in [0.1, 0.15) is 30.0 Å². The van der Waals surface area contributed by atoms with Crippen molar-refractivity contribution in [3.8, 4) is 0 Å². The molecule has 1 aliphatic rings. The zero-order chi connectivity index (χ0) is 25.4. The molecule has 13 nitrogen and oxygen atoms in total. The van der Waals surface area contributed by atoms with E-state index in [1.807, 2.05) is 0 Å². The van der Waals surface area contributed by atoms with Crippen molar-refractivity contribution in [3.05, 3.63) is 45.5 Å². The van der Waals surface area contributed by atoms with Gasteiger partial charge in [-0.25, -0.2) is 0 Å². The third-order valence-corrected chi connectivity index (χ3v) is 5.39. The number of aliphatic carboxylic acids is 2. The predicted molar refractivity (Wildman–Crippen MR) is 121 cm³/mol.